The van der Waals surface area contributed by atoms with Gasteiger partial charge in [0.25, 0.3) is 0 Å². The summed E-state index contributed by atoms with van der Waals surface area (Å²) in [5, 5.41) is 0.986. The van der Waals surface area contributed by atoms with Gasteiger partial charge in [-0.1, -0.05) is 55.0 Å². The number of hydrogen-bond donors (Lipinski definition) is 2. The summed E-state index contributed by atoms with van der Waals surface area (Å²) in [4.78, 5) is 15.6. The van der Waals surface area contributed by atoms with E-state index in [0.29, 0.717) is 11.3 Å². The maximum absolute atomic E-state index is 12.4. The number of nitrogen functional groups attached to an aromatic ring is 1. The highest BCUT2D eigenvalue weighted by molar-refractivity contribution is 6.75. The van der Waals surface area contributed by atoms with E-state index in [-0.39, 0.29) is 29.0 Å². The second-order valence-electron chi connectivity index (χ2n) is 14.0. The van der Waals surface area contributed by atoms with Gasteiger partial charge in [-0.05, 0) is 88.2 Å². The van der Waals surface area contributed by atoms with E-state index in [1.54, 1.807) is 0 Å². The first kappa shape index (κ1) is 36.3. The number of aromatic nitrogens is 1. The minimum absolute atomic E-state index is 0. The Morgan fingerprint density at radius 3 is 1.76 bits per heavy atom. The van der Waals surface area contributed by atoms with Crippen LogP contribution in [0.4, 0.5) is 5.69 Å². The average molecular weight is 601 g/mol. The summed E-state index contributed by atoms with van der Waals surface area (Å²) < 4.78 is 18.3. The Hall–Kier alpha value is -2.72. The van der Waals surface area contributed by atoms with Crippen molar-refractivity contribution in [3.8, 4) is 17.4 Å². The summed E-state index contributed by atoms with van der Waals surface area (Å²) in [5.74, 6) is 2.27. The van der Waals surface area contributed by atoms with Crippen LogP contribution in [0.25, 0.3) is 10.9 Å². The van der Waals surface area contributed by atoms with Gasteiger partial charge in [-0.2, -0.15) is 0 Å². The molecule has 0 atom stereocenters. The van der Waals surface area contributed by atoms with Gasteiger partial charge in [0.1, 0.15) is 11.5 Å². The number of anilines is 1. The molecule has 0 fully saturated rings. The minimum Gasteiger partial charge on any atom is -0.543 e. The fourth-order valence-electron chi connectivity index (χ4n) is 3.44. The molecule has 6 nitrogen and oxygen atoms in total. The second-order valence-corrected chi connectivity index (χ2v) is 23.4. The highest BCUT2D eigenvalue weighted by Gasteiger charge is 2.40. The molecule has 0 radical (unpaired) electrons. The van der Waals surface area contributed by atoms with Crippen LogP contribution < -0.4 is 24.8 Å². The smallest absolute Gasteiger partial charge is 0.250 e. The Kier molecular flexibility index (Phi) is 11.6. The normalized spacial score (nSPS) is 12.4. The second kappa shape index (κ2) is 13.1. The van der Waals surface area contributed by atoms with E-state index in [1.807, 2.05) is 58.0 Å². The van der Waals surface area contributed by atoms with Crippen LogP contribution in [0.2, 0.25) is 36.3 Å². The Morgan fingerprint density at radius 1 is 0.805 bits per heavy atom. The van der Waals surface area contributed by atoms with Gasteiger partial charge >= 0.3 is 0 Å². The summed E-state index contributed by atoms with van der Waals surface area (Å²) in [6, 6.07) is 11.1. The molecule has 3 aromatic rings. The standard InChI is InChI=1S/C19H29NO3Si.C13H23NOSi.CH4/c1-12(2)22-17-11-15(21)14-9-10-16(13(3)18(14)20-17)23-24(7,8)19(4,5)6;1-10-11(14)8-7-9-12(10)15-16(5,6)13(2,3)4;/h9-12H,1-8H3,(H,20,21);7-9H,14H2,1-6H3;1H4. The highest BCUT2D eigenvalue weighted by atomic mass is 28.4. The summed E-state index contributed by atoms with van der Waals surface area (Å²) in [6.07, 6.45) is 0.00469. The lowest BCUT2D eigenvalue weighted by Gasteiger charge is -2.37. The van der Waals surface area contributed by atoms with E-state index in [2.05, 4.69) is 72.7 Å². The average Bonchev–Trinajstić information content (AvgIpc) is 2.77. The van der Waals surface area contributed by atoms with Crippen molar-refractivity contribution in [1.82, 2.24) is 4.98 Å². The fraction of sp³-hybridized carbons (Fsp3) is 0.545. The molecule has 0 aliphatic carbocycles. The van der Waals surface area contributed by atoms with Crippen molar-refractivity contribution in [3.05, 3.63) is 57.7 Å². The molecule has 0 amide bonds. The minimum atomic E-state index is -1.94. The van der Waals surface area contributed by atoms with Crippen LogP contribution in [0.15, 0.2) is 41.2 Å². The molecule has 41 heavy (non-hydrogen) atoms. The van der Waals surface area contributed by atoms with E-state index < -0.39 is 16.6 Å². The topological polar surface area (TPSA) is 86.6 Å². The van der Waals surface area contributed by atoms with Gasteiger partial charge in [0.2, 0.25) is 16.6 Å². The van der Waals surface area contributed by atoms with Crippen LogP contribution in [-0.4, -0.2) is 27.7 Å². The molecule has 2 aromatic carbocycles. The lowest BCUT2D eigenvalue weighted by atomic mass is 10.1. The summed E-state index contributed by atoms with van der Waals surface area (Å²) in [6.45, 7) is 30.2. The third-order valence-corrected chi connectivity index (χ3v) is 16.9. The van der Waals surface area contributed by atoms with Gasteiger partial charge in [-0.3, -0.25) is 4.79 Å². The van der Waals surface area contributed by atoms with Crippen molar-refractivity contribution in [3.63, 3.8) is 0 Å². The van der Waals surface area contributed by atoms with E-state index >= 15 is 0 Å². The molecule has 230 valence electrons. The molecule has 8 heteroatoms. The molecule has 1 heterocycles. The molecule has 0 unspecified atom stereocenters. The van der Waals surface area contributed by atoms with Gasteiger partial charge in [0.05, 0.1) is 11.6 Å². The lowest BCUT2D eigenvalue weighted by molar-refractivity contribution is 0.233. The number of H-pyrrole nitrogens is 1. The summed E-state index contributed by atoms with van der Waals surface area (Å²) in [7, 11) is -3.70. The van der Waals surface area contributed by atoms with Gasteiger partial charge < -0.3 is 24.3 Å². The molecule has 0 aliphatic rings. The van der Waals surface area contributed by atoms with Crippen LogP contribution in [0, 0.1) is 13.8 Å². The molecular weight excluding hydrogens is 545 g/mol. The summed E-state index contributed by atoms with van der Waals surface area (Å²) >= 11 is 0. The molecule has 3 N–H and O–H groups in total. The van der Waals surface area contributed by atoms with Crippen LogP contribution in [0.5, 0.6) is 17.4 Å². The Morgan fingerprint density at radius 2 is 1.29 bits per heavy atom. The number of pyridine rings is 1. The molecule has 0 bridgehead atoms. The van der Waals surface area contributed by atoms with Crippen LogP contribution in [-0.2, 0) is 0 Å². The molecule has 0 saturated carbocycles. The number of nitrogens with two attached hydrogens (primary N) is 1. The third kappa shape index (κ3) is 8.88. The van der Waals surface area contributed by atoms with Crippen molar-refractivity contribution in [2.24, 2.45) is 0 Å². The van der Waals surface area contributed by atoms with Gasteiger partial charge in [-0.15, -0.1) is 0 Å². The van der Waals surface area contributed by atoms with E-state index in [9.17, 15) is 4.79 Å². The van der Waals surface area contributed by atoms with Gasteiger partial charge in [0, 0.05) is 28.3 Å². The van der Waals surface area contributed by atoms with Crippen molar-refractivity contribution in [1.29, 1.82) is 0 Å². The predicted molar refractivity (Wildman–Crippen MR) is 183 cm³/mol. The fourth-order valence-corrected chi connectivity index (χ4v) is 5.60. The quantitative estimate of drug-likeness (QED) is 0.217. The van der Waals surface area contributed by atoms with E-state index in [1.165, 1.54) is 6.07 Å². The molecule has 3 rings (SSSR count). The number of rotatable bonds is 6. The Bertz CT molecular complexity index is 1380. The first-order valence-electron chi connectivity index (χ1n) is 14.1. The number of aryl methyl sites for hydroxylation is 1. The lowest BCUT2D eigenvalue weighted by Crippen LogP contribution is -2.44. The number of nitrogens with one attached hydrogen (secondary N) is 1. The number of aromatic amines is 1. The molecule has 0 saturated heterocycles. The Labute approximate surface area is 251 Å². The predicted octanol–water partition coefficient (Wildman–Crippen LogP) is 9.61. The van der Waals surface area contributed by atoms with Crippen molar-refractivity contribution in [2.75, 3.05) is 5.73 Å². The van der Waals surface area contributed by atoms with Crippen LogP contribution >= 0.6 is 0 Å². The van der Waals surface area contributed by atoms with E-state index in [4.69, 9.17) is 19.3 Å². The number of fused-ring (bicyclic) bond motifs is 1. The zero-order valence-electron chi connectivity index (χ0n) is 27.3. The third-order valence-electron chi connectivity index (χ3n) is 8.22. The first-order chi connectivity index (χ1) is 18.1. The maximum atomic E-state index is 12.4. The van der Waals surface area contributed by atoms with Crippen LogP contribution in [0.1, 0.15) is 73.9 Å². The van der Waals surface area contributed by atoms with Crippen molar-refractivity contribution in [2.45, 2.75) is 119 Å². The number of ether oxygens (including phenoxy) is 1. The molecule has 1 aromatic heterocycles. The number of benzene rings is 2. The van der Waals surface area contributed by atoms with Crippen molar-refractivity contribution >= 4 is 33.2 Å². The van der Waals surface area contributed by atoms with E-state index in [0.717, 1.165) is 33.8 Å². The maximum Gasteiger partial charge on any atom is 0.250 e. The monoisotopic (exact) mass is 600 g/mol. The Balaban J connectivity index is 0.000000433. The highest BCUT2D eigenvalue weighted by Crippen LogP contribution is 2.40. The molecular formula is C33H56N2O4Si2. The number of hydrogen-bond acceptors (Lipinski definition) is 5. The molecule has 0 spiro atoms. The van der Waals surface area contributed by atoms with Crippen LogP contribution in [0.3, 0.4) is 0 Å². The summed E-state index contributed by atoms with van der Waals surface area (Å²) in [5.41, 5.74) is 9.43. The molecule has 0 aliphatic heterocycles. The first-order valence-corrected chi connectivity index (χ1v) is 20.0. The van der Waals surface area contributed by atoms with Crippen molar-refractivity contribution < 1.29 is 13.6 Å². The zero-order valence-corrected chi connectivity index (χ0v) is 29.3. The SMILES string of the molecule is C.Cc1c(N)cccc1O[Si](C)(C)C(C)(C)C.Cc1c(O[Si](C)(C)C(C)(C)C)ccc2c(=O)cc(OC(C)C)[nH]c12. The van der Waals surface area contributed by atoms with Gasteiger partial charge in [0.15, 0.2) is 11.3 Å². The largest absolute Gasteiger partial charge is 0.543 e. The zero-order chi connectivity index (χ0) is 30.8. The van der Waals surface area contributed by atoms with Gasteiger partial charge in [-0.25, -0.2) is 0 Å².